The van der Waals surface area contributed by atoms with E-state index in [1.54, 1.807) is 0 Å². The van der Waals surface area contributed by atoms with Gasteiger partial charge in [0.25, 0.3) is 5.69 Å². The molecule has 0 saturated heterocycles. The third-order valence-corrected chi connectivity index (χ3v) is 6.73. The molecule has 2 rings (SSSR count). The SMILES string of the molecule is NS(=O)(=O)c1cc(S(N)(=O)=O)c(NSc2ccc([N+](=O)[O-])cc2)c(Cl)c1Cl. The van der Waals surface area contributed by atoms with Gasteiger partial charge in [0.1, 0.15) is 9.79 Å². The highest BCUT2D eigenvalue weighted by Crippen LogP contribution is 2.41. The molecule has 0 amide bonds. The second-order valence-electron chi connectivity index (χ2n) is 4.92. The van der Waals surface area contributed by atoms with Crippen molar-refractivity contribution in [1.29, 1.82) is 0 Å². The molecule has 0 atom stereocenters. The zero-order chi connectivity index (χ0) is 20.6. The van der Waals surface area contributed by atoms with Crippen molar-refractivity contribution in [3.05, 3.63) is 50.5 Å². The average Bonchev–Trinajstić information content (AvgIpc) is 2.54. The molecule has 5 N–H and O–H groups in total. The molecule has 0 unspecified atom stereocenters. The standard InChI is InChI=1S/C12H10Cl2N4O6S3/c13-10-8(26(15,21)22)5-9(27(16,23)24)12(11(10)14)17-25-7-3-1-6(2-4-7)18(19)20/h1-5,17H,(H2,15,21,22)(H2,16,23,24). The predicted molar refractivity (Wildman–Crippen MR) is 102 cm³/mol. The largest absolute Gasteiger partial charge is 0.323 e. The number of nitrogens with zero attached hydrogens (tertiary/aromatic N) is 1. The molecular formula is C12H10Cl2N4O6S3. The Labute approximate surface area is 168 Å². The third-order valence-electron chi connectivity index (χ3n) is 3.07. The van der Waals surface area contributed by atoms with E-state index in [4.69, 9.17) is 33.5 Å². The fraction of sp³-hybridized carbons (Fsp3) is 0. The smallest absolute Gasteiger partial charge is 0.269 e. The highest BCUT2D eigenvalue weighted by Gasteiger charge is 2.26. The molecule has 15 heteroatoms. The zero-order valence-electron chi connectivity index (χ0n) is 12.9. The number of halogens is 2. The van der Waals surface area contributed by atoms with Crippen molar-refractivity contribution in [2.75, 3.05) is 4.72 Å². The number of primary sulfonamides is 2. The van der Waals surface area contributed by atoms with Crippen LogP contribution in [0.15, 0.2) is 45.0 Å². The van der Waals surface area contributed by atoms with Gasteiger partial charge in [0, 0.05) is 17.0 Å². The fourth-order valence-electron chi connectivity index (χ4n) is 1.85. The van der Waals surface area contributed by atoms with Gasteiger partial charge in [0.15, 0.2) is 0 Å². The molecule has 0 aliphatic heterocycles. The van der Waals surface area contributed by atoms with Gasteiger partial charge < -0.3 is 4.72 Å². The van der Waals surface area contributed by atoms with Crippen LogP contribution in [0, 0.1) is 10.1 Å². The molecule has 0 radical (unpaired) electrons. The van der Waals surface area contributed by atoms with Crippen LogP contribution in [0.1, 0.15) is 0 Å². The summed E-state index contributed by atoms with van der Waals surface area (Å²) in [5.74, 6) is 0. The molecule has 2 aromatic rings. The fourth-order valence-corrected chi connectivity index (χ4v) is 4.94. The number of nitro groups is 1. The Morgan fingerprint density at radius 2 is 1.48 bits per heavy atom. The first kappa shape index (κ1) is 21.7. The number of nitro benzene ring substituents is 1. The van der Waals surface area contributed by atoms with Crippen LogP contribution in [0.4, 0.5) is 11.4 Å². The van der Waals surface area contributed by atoms with E-state index in [1.165, 1.54) is 24.3 Å². The lowest BCUT2D eigenvalue weighted by molar-refractivity contribution is -0.384. The Balaban J connectivity index is 2.49. The van der Waals surface area contributed by atoms with Gasteiger partial charge in [0.05, 0.1) is 20.7 Å². The van der Waals surface area contributed by atoms with Gasteiger partial charge in [-0.3, -0.25) is 10.1 Å². The van der Waals surface area contributed by atoms with Gasteiger partial charge in [-0.1, -0.05) is 23.2 Å². The van der Waals surface area contributed by atoms with Crippen LogP contribution in [0.2, 0.25) is 10.0 Å². The van der Waals surface area contributed by atoms with E-state index in [-0.39, 0.29) is 11.4 Å². The number of rotatable bonds is 6. The molecule has 0 bridgehead atoms. The molecule has 0 aliphatic rings. The minimum absolute atomic E-state index is 0.136. The minimum Gasteiger partial charge on any atom is -0.323 e. The molecule has 10 nitrogen and oxygen atoms in total. The first-order chi connectivity index (χ1) is 12.3. The van der Waals surface area contributed by atoms with Crippen LogP contribution in [0.5, 0.6) is 0 Å². The minimum atomic E-state index is -4.41. The van der Waals surface area contributed by atoms with Crippen molar-refractivity contribution < 1.29 is 21.8 Å². The summed E-state index contributed by atoms with van der Waals surface area (Å²) in [6, 6.07) is 5.98. The number of non-ortho nitro benzene ring substituents is 1. The molecule has 0 spiro atoms. The Morgan fingerprint density at radius 1 is 0.963 bits per heavy atom. The lowest BCUT2D eigenvalue weighted by Gasteiger charge is -2.15. The van der Waals surface area contributed by atoms with Crippen molar-refractivity contribution >= 4 is 66.6 Å². The van der Waals surface area contributed by atoms with Crippen LogP contribution in [0.25, 0.3) is 0 Å². The molecule has 0 fully saturated rings. The number of nitrogens with one attached hydrogen (secondary N) is 1. The van der Waals surface area contributed by atoms with Crippen molar-refractivity contribution in [1.82, 2.24) is 0 Å². The van der Waals surface area contributed by atoms with Crippen LogP contribution < -0.4 is 15.0 Å². The van der Waals surface area contributed by atoms with E-state index >= 15 is 0 Å². The maximum atomic E-state index is 11.8. The van der Waals surface area contributed by atoms with Crippen LogP contribution in [0.3, 0.4) is 0 Å². The summed E-state index contributed by atoms with van der Waals surface area (Å²) in [7, 11) is -8.78. The highest BCUT2D eigenvalue weighted by molar-refractivity contribution is 8.00. The van der Waals surface area contributed by atoms with Crippen molar-refractivity contribution in [3.63, 3.8) is 0 Å². The molecule has 0 aliphatic carbocycles. The summed E-state index contributed by atoms with van der Waals surface area (Å²) < 4.78 is 49.5. The summed E-state index contributed by atoms with van der Waals surface area (Å²) in [5, 5.41) is 19.9. The molecule has 0 saturated carbocycles. The lowest BCUT2D eigenvalue weighted by Crippen LogP contribution is -2.18. The maximum Gasteiger partial charge on any atom is 0.269 e. The number of sulfonamides is 2. The second-order valence-corrected chi connectivity index (χ2v) is 9.62. The number of benzene rings is 2. The Hall–Kier alpha value is -1.61. The van der Waals surface area contributed by atoms with Crippen LogP contribution >= 0.6 is 35.1 Å². The van der Waals surface area contributed by atoms with Crippen molar-refractivity contribution in [2.45, 2.75) is 14.7 Å². The Kier molecular flexibility index (Phi) is 6.26. The molecule has 146 valence electrons. The molecule has 0 aromatic heterocycles. The van der Waals surface area contributed by atoms with Gasteiger partial charge in [-0.2, -0.15) is 0 Å². The van der Waals surface area contributed by atoms with Crippen molar-refractivity contribution in [2.24, 2.45) is 10.3 Å². The highest BCUT2D eigenvalue weighted by atomic mass is 35.5. The summed E-state index contributed by atoms with van der Waals surface area (Å²) in [6.45, 7) is 0. The summed E-state index contributed by atoms with van der Waals surface area (Å²) in [4.78, 5) is 9.19. The number of anilines is 1. The Morgan fingerprint density at radius 3 is 1.93 bits per heavy atom. The third kappa shape index (κ3) is 5.01. The monoisotopic (exact) mass is 472 g/mol. The van der Waals surface area contributed by atoms with Gasteiger partial charge in [-0.05, 0) is 30.1 Å². The van der Waals surface area contributed by atoms with E-state index in [1.807, 2.05) is 0 Å². The van der Waals surface area contributed by atoms with Gasteiger partial charge >= 0.3 is 0 Å². The Bertz CT molecular complexity index is 1120. The predicted octanol–water partition coefficient (Wildman–Crippen LogP) is 2.32. The number of hydrogen-bond acceptors (Lipinski definition) is 8. The van der Waals surface area contributed by atoms with E-state index in [2.05, 4.69) is 4.72 Å². The van der Waals surface area contributed by atoms with E-state index in [9.17, 15) is 26.9 Å². The normalized spacial score (nSPS) is 12.0. The van der Waals surface area contributed by atoms with E-state index < -0.39 is 44.8 Å². The summed E-state index contributed by atoms with van der Waals surface area (Å²) in [6.07, 6.45) is 0. The lowest BCUT2D eigenvalue weighted by atomic mass is 10.3. The molecule has 2 aromatic carbocycles. The summed E-state index contributed by atoms with van der Waals surface area (Å²) in [5.41, 5.74) is -0.400. The van der Waals surface area contributed by atoms with Gasteiger partial charge in [0.2, 0.25) is 20.0 Å². The van der Waals surface area contributed by atoms with Crippen LogP contribution in [-0.4, -0.2) is 21.8 Å². The van der Waals surface area contributed by atoms with E-state index in [0.29, 0.717) is 11.0 Å². The molecule has 27 heavy (non-hydrogen) atoms. The number of nitrogens with two attached hydrogens (primary N) is 2. The first-order valence-corrected chi connectivity index (χ1v) is 11.2. The maximum absolute atomic E-state index is 11.8. The zero-order valence-corrected chi connectivity index (χ0v) is 16.9. The first-order valence-electron chi connectivity index (χ1n) is 6.57. The topological polar surface area (TPSA) is 175 Å². The average molecular weight is 473 g/mol. The number of hydrogen-bond donors (Lipinski definition) is 3. The van der Waals surface area contributed by atoms with E-state index in [0.717, 1.165) is 11.9 Å². The molecular weight excluding hydrogens is 463 g/mol. The molecule has 0 heterocycles. The quantitative estimate of drug-likeness (QED) is 0.325. The van der Waals surface area contributed by atoms with Gasteiger partial charge in [-0.15, -0.1) is 0 Å². The van der Waals surface area contributed by atoms with Crippen LogP contribution in [-0.2, 0) is 20.0 Å². The summed E-state index contributed by atoms with van der Waals surface area (Å²) >= 11 is 12.7. The van der Waals surface area contributed by atoms with Crippen molar-refractivity contribution in [3.8, 4) is 0 Å². The van der Waals surface area contributed by atoms with Gasteiger partial charge in [-0.25, -0.2) is 27.1 Å². The second kappa shape index (κ2) is 7.79.